The number of hydrogen-bond donors (Lipinski definition) is 2. The van der Waals surface area contributed by atoms with E-state index in [4.69, 9.17) is 10.5 Å². The van der Waals surface area contributed by atoms with Gasteiger partial charge in [-0.1, -0.05) is 12.8 Å². The standard InChI is InChI=1S/C18H25NO3/c1-9-10(2)16-14(11(3)15(9)20)8-13(7-12-5-6-12)18(4,22-16)17(19)21/h12-13,20H,5-8H2,1-4H3,(H2,19,21). The summed E-state index contributed by atoms with van der Waals surface area (Å²) >= 11 is 0. The van der Waals surface area contributed by atoms with Crippen molar-refractivity contribution < 1.29 is 14.6 Å². The first-order valence-corrected chi connectivity index (χ1v) is 8.06. The summed E-state index contributed by atoms with van der Waals surface area (Å²) in [6.45, 7) is 7.54. The van der Waals surface area contributed by atoms with Gasteiger partial charge in [-0.3, -0.25) is 4.79 Å². The Bertz CT molecular complexity index is 648. The second-order valence-electron chi connectivity index (χ2n) is 7.18. The van der Waals surface area contributed by atoms with Gasteiger partial charge in [0.1, 0.15) is 11.5 Å². The zero-order valence-corrected chi connectivity index (χ0v) is 13.8. The second-order valence-corrected chi connectivity index (χ2v) is 7.18. The summed E-state index contributed by atoms with van der Waals surface area (Å²) < 4.78 is 6.18. The third kappa shape index (κ3) is 2.16. The molecule has 1 aromatic rings. The van der Waals surface area contributed by atoms with Crippen LogP contribution in [-0.2, 0) is 11.2 Å². The van der Waals surface area contributed by atoms with E-state index >= 15 is 0 Å². The predicted octanol–water partition coefficient (Wildman–Crippen LogP) is 2.91. The Labute approximate surface area is 131 Å². The lowest BCUT2D eigenvalue weighted by Crippen LogP contribution is -2.55. The second kappa shape index (κ2) is 4.90. The number of aromatic hydroxyl groups is 1. The molecule has 0 bridgehead atoms. The molecule has 1 fully saturated rings. The lowest BCUT2D eigenvalue weighted by atomic mass is 9.76. The fourth-order valence-corrected chi connectivity index (χ4v) is 3.60. The van der Waals surface area contributed by atoms with Crippen molar-refractivity contribution in [1.82, 2.24) is 0 Å². The number of phenolic OH excluding ortho intramolecular Hbond substituents is 1. The minimum absolute atomic E-state index is 0.0743. The van der Waals surface area contributed by atoms with Crippen molar-refractivity contribution in [3.05, 3.63) is 22.3 Å². The van der Waals surface area contributed by atoms with Crippen LogP contribution >= 0.6 is 0 Å². The monoisotopic (exact) mass is 303 g/mol. The Balaban J connectivity index is 2.10. The highest BCUT2D eigenvalue weighted by atomic mass is 16.5. The van der Waals surface area contributed by atoms with E-state index in [-0.39, 0.29) is 5.92 Å². The van der Waals surface area contributed by atoms with Crippen LogP contribution in [0, 0.1) is 32.6 Å². The molecule has 1 aliphatic carbocycles. The van der Waals surface area contributed by atoms with Crippen molar-refractivity contribution in [2.75, 3.05) is 0 Å². The third-order valence-corrected chi connectivity index (χ3v) is 5.69. The SMILES string of the molecule is Cc1c(C)c2c(c(C)c1O)CC(CC1CC1)C(C)(C(N)=O)O2. The number of benzene rings is 1. The molecule has 1 aliphatic heterocycles. The molecular weight excluding hydrogens is 278 g/mol. The van der Waals surface area contributed by atoms with Crippen molar-refractivity contribution in [3.8, 4) is 11.5 Å². The average Bonchev–Trinajstić information content (AvgIpc) is 3.28. The van der Waals surface area contributed by atoms with Gasteiger partial charge in [-0.05, 0) is 63.1 Å². The smallest absolute Gasteiger partial charge is 0.261 e. The van der Waals surface area contributed by atoms with Crippen molar-refractivity contribution >= 4 is 5.91 Å². The first-order chi connectivity index (χ1) is 10.3. The topological polar surface area (TPSA) is 72.5 Å². The van der Waals surface area contributed by atoms with Gasteiger partial charge in [0.2, 0.25) is 0 Å². The van der Waals surface area contributed by atoms with Gasteiger partial charge in [-0.15, -0.1) is 0 Å². The molecule has 1 aromatic carbocycles. The van der Waals surface area contributed by atoms with E-state index in [1.807, 2.05) is 27.7 Å². The summed E-state index contributed by atoms with van der Waals surface area (Å²) in [5.74, 6) is 1.44. The maximum Gasteiger partial charge on any atom is 0.261 e. The molecule has 2 atom stereocenters. The molecule has 4 nitrogen and oxygen atoms in total. The van der Waals surface area contributed by atoms with Crippen LogP contribution in [0.4, 0.5) is 0 Å². The molecule has 2 unspecified atom stereocenters. The zero-order valence-electron chi connectivity index (χ0n) is 13.8. The van der Waals surface area contributed by atoms with Gasteiger partial charge in [0.05, 0.1) is 0 Å². The maximum absolute atomic E-state index is 12.1. The average molecular weight is 303 g/mol. The molecule has 0 aromatic heterocycles. The van der Waals surface area contributed by atoms with Gasteiger partial charge in [0.25, 0.3) is 5.91 Å². The lowest BCUT2D eigenvalue weighted by molar-refractivity contribution is -0.138. The molecule has 120 valence electrons. The first-order valence-electron chi connectivity index (χ1n) is 8.06. The molecule has 0 radical (unpaired) electrons. The molecule has 0 spiro atoms. The van der Waals surface area contributed by atoms with Gasteiger partial charge in [0, 0.05) is 11.5 Å². The Morgan fingerprint density at radius 2 is 1.91 bits per heavy atom. The third-order valence-electron chi connectivity index (χ3n) is 5.69. The maximum atomic E-state index is 12.1. The predicted molar refractivity (Wildman–Crippen MR) is 85.1 cm³/mol. The largest absolute Gasteiger partial charge is 0.507 e. The number of phenols is 1. The normalized spacial score (nSPS) is 27.2. The van der Waals surface area contributed by atoms with Crippen LogP contribution in [0.1, 0.15) is 48.4 Å². The van der Waals surface area contributed by atoms with E-state index in [2.05, 4.69) is 0 Å². The summed E-state index contributed by atoms with van der Waals surface area (Å²) in [6.07, 6.45) is 4.17. The molecule has 1 amide bonds. The van der Waals surface area contributed by atoms with Crippen LogP contribution in [0.15, 0.2) is 0 Å². The van der Waals surface area contributed by atoms with Crippen molar-refractivity contribution in [2.24, 2.45) is 17.6 Å². The van der Waals surface area contributed by atoms with E-state index < -0.39 is 11.5 Å². The molecule has 1 heterocycles. The van der Waals surface area contributed by atoms with E-state index in [9.17, 15) is 9.90 Å². The quantitative estimate of drug-likeness (QED) is 0.901. The highest BCUT2D eigenvalue weighted by Crippen LogP contribution is 2.48. The van der Waals surface area contributed by atoms with Crippen LogP contribution < -0.4 is 10.5 Å². The summed E-state index contributed by atoms with van der Waals surface area (Å²) in [5, 5.41) is 10.3. The lowest BCUT2D eigenvalue weighted by Gasteiger charge is -2.42. The number of amides is 1. The Morgan fingerprint density at radius 1 is 1.27 bits per heavy atom. The van der Waals surface area contributed by atoms with E-state index in [1.54, 1.807) is 0 Å². The van der Waals surface area contributed by atoms with E-state index in [1.165, 1.54) is 12.8 Å². The molecule has 3 rings (SSSR count). The number of rotatable bonds is 3. The van der Waals surface area contributed by atoms with E-state index in [0.717, 1.165) is 40.8 Å². The van der Waals surface area contributed by atoms with E-state index in [0.29, 0.717) is 11.7 Å². The Morgan fingerprint density at radius 3 is 2.45 bits per heavy atom. The van der Waals surface area contributed by atoms with Gasteiger partial charge in [-0.25, -0.2) is 0 Å². The highest BCUT2D eigenvalue weighted by Gasteiger charge is 2.48. The minimum atomic E-state index is -0.962. The number of nitrogens with two attached hydrogens (primary N) is 1. The van der Waals surface area contributed by atoms with Gasteiger partial charge < -0.3 is 15.6 Å². The van der Waals surface area contributed by atoms with Crippen molar-refractivity contribution in [1.29, 1.82) is 0 Å². The zero-order chi connectivity index (χ0) is 16.2. The first kappa shape index (κ1) is 15.2. The molecule has 0 saturated heterocycles. The van der Waals surface area contributed by atoms with Crippen LogP contribution in [0.3, 0.4) is 0 Å². The molecule has 3 N–H and O–H groups in total. The summed E-state index contributed by atoms with van der Waals surface area (Å²) in [5.41, 5.74) is 8.33. The van der Waals surface area contributed by atoms with Crippen LogP contribution in [-0.4, -0.2) is 16.6 Å². The summed E-state index contributed by atoms with van der Waals surface area (Å²) in [4.78, 5) is 12.1. The van der Waals surface area contributed by atoms with Crippen molar-refractivity contribution in [2.45, 2.75) is 59.0 Å². The van der Waals surface area contributed by atoms with Crippen molar-refractivity contribution in [3.63, 3.8) is 0 Å². The Hall–Kier alpha value is -1.71. The molecular formula is C18H25NO3. The molecule has 4 heteroatoms. The number of hydrogen-bond acceptors (Lipinski definition) is 3. The Kier molecular flexibility index (Phi) is 3.38. The number of carbonyl (C=O) groups is 1. The number of primary amides is 1. The highest BCUT2D eigenvalue weighted by molar-refractivity contribution is 5.84. The number of ether oxygens (including phenoxy) is 1. The molecule has 22 heavy (non-hydrogen) atoms. The number of fused-ring (bicyclic) bond motifs is 1. The van der Waals surface area contributed by atoms with Gasteiger partial charge in [-0.2, -0.15) is 0 Å². The fraction of sp³-hybridized carbons (Fsp3) is 0.611. The number of carbonyl (C=O) groups excluding carboxylic acids is 1. The van der Waals surface area contributed by atoms with Crippen LogP contribution in [0.25, 0.3) is 0 Å². The van der Waals surface area contributed by atoms with Crippen LogP contribution in [0.2, 0.25) is 0 Å². The summed E-state index contributed by atoms with van der Waals surface area (Å²) in [7, 11) is 0. The molecule has 2 aliphatic rings. The van der Waals surface area contributed by atoms with Crippen LogP contribution in [0.5, 0.6) is 11.5 Å². The minimum Gasteiger partial charge on any atom is -0.507 e. The van der Waals surface area contributed by atoms with Gasteiger partial charge >= 0.3 is 0 Å². The molecule has 1 saturated carbocycles. The summed E-state index contributed by atoms with van der Waals surface area (Å²) in [6, 6.07) is 0. The van der Waals surface area contributed by atoms with Gasteiger partial charge in [0.15, 0.2) is 5.60 Å². The fourth-order valence-electron chi connectivity index (χ4n) is 3.60.